The van der Waals surface area contributed by atoms with Crippen LogP contribution in [0.25, 0.3) is 0 Å². The van der Waals surface area contributed by atoms with E-state index in [0.717, 1.165) is 30.5 Å². The Bertz CT molecular complexity index is 336. The highest BCUT2D eigenvalue weighted by Crippen LogP contribution is 2.53. The summed E-state index contributed by atoms with van der Waals surface area (Å²) in [6.07, 6.45) is 13.1. The Hall–Kier alpha value is -0.0800. The topological polar surface area (TPSA) is 21.3 Å². The van der Waals surface area contributed by atoms with Gasteiger partial charge in [0.05, 0.1) is 6.10 Å². The van der Waals surface area contributed by atoms with Crippen molar-refractivity contribution in [2.75, 3.05) is 6.61 Å². The van der Waals surface area contributed by atoms with Crippen molar-refractivity contribution in [2.24, 2.45) is 17.3 Å². The summed E-state index contributed by atoms with van der Waals surface area (Å²) < 4.78 is 6.10. The van der Waals surface area contributed by atoms with Crippen LogP contribution in [0.1, 0.15) is 78.6 Å². The van der Waals surface area contributed by atoms with E-state index in [2.05, 4.69) is 26.1 Å². The molecule has 3 saturated carbocycles. The molecule has 3 rings (SSSR count). The van der Waals surface area contributed by atoms with Gasteiger partial charge in [-0.1, -0.05) is 46.0 Å². The first-order valence-corrected chi connectivity index (χ1v) is 9.55. The van der Waals surface area contributed by atoms with Crippen molar-refractivity contribution in [1.29, 1.82) is 0 Å². The minimum Gasteiger partial charge on any atom is -0.378 e. The number of nitrogens with one attached hydrogen (secondary N) is 1. The van der Waals surface area contributed by atoms with Crippen LogP contribution in [-0.2, 0) is 4.74 Å². The first-order chi connectivity index (χ1) is 10.2. The van der Waals surface area contributed by atoms with Crippen molar-refractivity contribution >= 4 is 0 Å². The van der Waals surface area contributed by atoms with Gasteiger partial charge < -0.3 is 10.1 Å². The van der Waals surface area contributed by atoms with Gasteiger partial charge in [0, 0.05) is 24.1 Å². The molecule has 1 N–H and O–H groups in total. The fourth-order valence-electron chi connectivity index (χ4n) is 5.37. The van der Waals surface area contributed by atoms with Gasteiger partial charge in [-0.25, -0.2) is 0 Å². The van der Waals surface area contributed by atoms with Crippen molar-refractivity contribution in [3.8, 4) is 0 Å². The molecule has 0 aromatic rings. The van der Waals surface area contributed by atoms with Gasteiger partial charge in [-0.2, -0.15) is 0 Å². The molecule has 5 atom stereocenters. The highest BCUT2D eigenvalue weighted by Gasteiger charge is 2.56. The summed E-state index contributed by atoms with van der Waals surface area (Å²) in [6, 6.07) is 1.48. The average molecular weight is 293 g/mol. The van der Waals surface area contributed by atoms with Crippen LogP contribution >= 0.6 is 0 Å². The predicted molar refractivity (Wildman–Crippen MR) is 88.4 cm³/mol. The fourth-order valence-corrected chi connectivity index (χ4v) is 5.37. The van der Waals surface area contributed by atoms with Crippen LogP contribution in [0, 0.1) is 17.3 Å². The van der Waals surface area contributed by atoms with E-state index >= 15 is 0 Å². The number of hydrogen-bond donors (Lipinski definition) is 1. The standard InChI is InChI=1S/C19H35NO/c1-4-21-18-13-17(19(18)11-6-5-7-12-19)20-16-10-8-9-14(2)15(16)3/h14-18,20H,4-13H2,1-3H3. The Morgan fingerprint density at radius 3 is 2.52 bits per heavy atom. The van der Waals surface area contributed by atoms with E-state index in [1.165, 1.54) is 57.8 Å². The Kier molecular flexibility index (Phi) is 4.95. The van der Waals surface area contributed by atoms with E-state index in [-0.39, 0.29) is 0 Å². The molecule has 0 amide bonds. The summed E-state index contributed by atoms with van der Waals surface area (Å²) >= 11 is 0. The fraction of sp³-hybridized carbons (Fsp3) is 1.00. The van der Waals surface area contributed by atoms with Crippen LogP contribution in [-0.4, -0.2) is 24.8 Å². The van der Waals surface area contributed by atoms with Crippen LogP contribution in [0.5, 0.6) is 0 Å². The highest BCUT2D eigenvalue weighted by atomic mass is 16.5. The van der Waals surface area contributed by atoms with E-state index in [9.17, 15) is 0 Å². The van der Waals surface area contributed by atoms with Gasteiger partial charge in [0.2, 0.25) is 0 Å². The van der Waals surface area contributed by atoms with Gasteiger partial charge >= 0.3 is 0 Å². The molecule has 0 saturated heterocycles. The zero-order valence-corrected chi connectivity index (χ0v) is 14.4. The second kappa shape index (κ2) is 6.58. The van der Waals surface area contributed by atoms with Gasteiger partial charge in [-0.05, 0) is 44.4 Å². The average Bonchev–Trinajstić information content (AvgIpc) is 2.51. The second-order valence-corrected chi connectivity index (χ2v) is 8.07. The molecule has 0 aromatic carbocycles. The lowest BCUT2D eigenvalue weighted by Crippen LogP contribution is -2.66. The molecule has 3 aliphatic rings. The smallest absolute Gasteiger partial charge is 0.0661 e. The van der Waals surface area contributed by atoms with Crippen molar-refractivity contribution in [3.05, 3.63) is 0 Å². The molecule has 2 nitrogen and oxygen atoms in total. The third-order valence-electron chi connectivity index (χ3n) is 7.06. The van der Waals surface area contributed by atoms with Crippen molar-refractivity contribution < 1.29 is 4.74 Å². The summed E-state index contributed by atoms with van der Waals surface area (Å²) in [5.41, 5.74) is 0.481. The van der Waals surface area contributed by atoms with Crippen LogP contribution in [0.2, 0.25) is 0 Å². The minimum atomic E-state index is 0.481. The Labute approximate surface area is 131 Å². The lowest BCUT2D eigenvalue weighted by atomic mass is 9.54. The maximum atomic E-state index is 6.10. The van der Waals surface area contributed by atoms with Gasteiger partial charge in [-0.15, -0.1) is 0 Å². The maximum absolute atomic E-state index is 6.10. The molecule has 0 aromatic heterocycles. The van der Waals surface area contributed by atoms with E-state index in [1.54, 1.807) is 0 Å². The van der Waals surface area contributed by atoms with Gasteiger partial charge in [0.1, 0.15) is 0 Å². The van der Waals surface area contributed by atoms with Gasteiger partial charge in [-0.3, -0.25) is 0 Å². The zero-order valence-electron chi connectivity index (χ0n) is 14.4. The first-order valence-electron chi connectivity index (χ1n) is 9.55. The van der Waals surface area contributed by atoms with Crippen molar-refractivity contribution in [3.63, 3.8) is 0 Å². The van der Waals surface area contributed by atoms with Gasteiger partial charge in [0.15, 0.2) is 0 Å². The monoisotopic (exact) mass is 293 g/mol. The normalized spacial score (nSPS) is 42.7. The Morgan fingerprint density at radius 1 is 1.05 bits per heavy atom. The lowest BCUT2D eigenvalue weighted by molar-refractivity contribution is -0.154. The van der Waals surface area contributed by atoms with E-state index in [4.69, 9.17) is 4.74 Å². The molecule has 3 fully saturated rings. The SMILES string of the molecule is CCOC1CC(NC2CCCC(C)C2C)C12CCCCC2. The van der Waals surface area contributed by atoms with Crippen LogP contribution < -0.4 is 5.32 Å². The second-order valence-electron chi connectivity index (χ2n) is 8.07. The van der Waals surface area contributed by atoms with E-state index in [1.807, 2.05) is 0 Å². The quantitative estimate of drug-likeness (QED) is 0.822. The summed E-state index contributed by atoms with van der Waals surface area (Å²) in [6.45, 7) is 7.95. The molecule has 21 heavy (non-hydrogen) atoms. The van der Waals surface area contributed by atoms with Crippen molar-refractivity contribution in [1.82, 2.24) is 5.32 Å². The van der Waals surface area contributed by atoms with Crippen molar-refractivity contribution in [2.45, 2.75) is 96.7 Å². The van der Waals surface area contributed by atoms with Crippen LogP contribution in [0.15, 0.2) is 0 Å². The van der Waals surface area contributed by atoms with E-state index < -0.39 is 0 Å². The maximum Gasteiger partial charge on any atom is 0.0661 e. The number of ether oxygens (including phenoxy) is 1. The minimum absolute atomic E-state index is 0.481. The van der Waals surface area contributed by atoms with Gasteiger partial charge in [0.25, 0.3) is 0 Å². The molecule has 0 radical (unpaired) electrons. The molecule has 3 aliphatic carbocycles. The highest BCUT2D eigenvalue weighted by molar-refractivity contribution is 5.10. The number of hydrogen-bond acceptors (Lipinski definition) is 2. The summed E-state index contributed by atoms with van der Waals surface area (Å²) in [5.74, 6) is 1.73. The zero-order chi connectivity index (χ0) is 14.9. The molecule has 5 unspecified atom stereocenters. The largest absolute Gasteiger partial charge is 0.378 e. The molecule has 0 bridgehead atoms. The summed E-state index contributed by atoms with van der Waals surface area (Å²) in [5, 5.41) is 4.10. The lowest BCUT2D eigenvalue weighted by Gasteiger charge is -2.59. The molecule has 2 heteroatoms. The molecular formula is C19H35NO. The molecular weight excluding hydrogens is 258 g/mol. The van der Waals surface area contributed by atoms with Crippen LogP contribution in [0.3, 0.4) is 0 Å². The third-order valence-corrected chi connectivity index (χ3v) is 7.06. The predicted octanol–water partition coefficient (Wildman–Crippen LogP) is 4.53. The molecule has 1 spiro atoms. The summed E-state index contributed by atoms with van der Waals surface area (Å²) in [7, 11) is 0. The molecule has 0 heterocycles. The molecule has 122 valence electrons. The number of rotatable bonds is 4. The Balaban J connectivity index is 1.64. The third kappa shape index (κ3) is 2.91. The van der Waals surface area contributed by atoms with Crippen LogP contribution in [0.4, 0.5) is 0 Å². The molecule has 0 aliphatic heterocycles. The first kappa shape index (κ1) is 15.8. The van der Waals surface area contributed by atoms with E-state index in [0.29, 0.717) is 11.5 Å². The summed E-state index contributed by atoms with van der Waals surface area (Å²) in [4.78, 5) is 0. The Morgan fingerprint density at radius 2 is 1.81 bits per heavy atom.